The normalized spacial score (nSPS) is 12.6. The quantitative estimate of drug-likeness (QED) is 0.522. The number of para-hydroxylation sites is 1. The van der Waals surface area contributed by atoms with Gasteiger partial charge in [-0.25, -0.2) is 9.97 Å². The van der Waals surface area contributed by atoms with Crippen molar-refractivity contribution in [3.63, 3.8) is 0 Å². The highest BCUT2D eigenvalue weighted by molar-refractivity contribution is 7.18. The van der Waals surface area contributed by atoms with Gasteiger partial charge in [0.25, 0.3) is 5.56 Å². The number of H-pyrrole nitrogens is 1. The van der Waals surface area contributed by atoms with Crippen LogP contribution in [-0.2, 0) is 6.54 Å². The maximum atomic E-state index is 12.6. The van der Waals surface area contributed by atoms with Crippen LogP contribution in [0.3, 0.4) is 0 Å². The smallest absolute Gasteiger partial charge is 0.258 e. The molecule has 0 amide bonds. The molecule has 0 radical (unpaired) electrons. The molecule has 1 atom stereocenters. The average molecular weight is 410 g/mol. The molecule has 0 aliphatic heterocycles. The molecule has 1 N–H and O–H groups in total. The fraction of sp³-hybridized carbons (Fsp3) is 0.286. The first-order valence-electron chi connectivity index (χ1n) is 9.20. The number of nitrogens with one attached hydrogen (secondary N) is 1. The number of hydrogen-bond donors (Lipinski definition) is 1. The molecule has 4 rings (SSSR count). The molecule has 0 fully saturated rings. The molecule has 2 aromatic heterocycles. The van der Waals surface area contributed by atoms with Crippen LogP contribution < -0.4 is 15.0 Å². The topological polar surface area (TPSA) is 80.3 Å². The van der Waals surface area contributed by atoms with Crippen LogP contribution in [0.4, 0.5) is 0 Å². The minimum absolute atomic E-state index is 0.0822. The number of thiazole rings is 1. The molecule has 0 bridgehead atoms. The molecule has 0 aliphatic rings. The van der Waals surface area contributed by atoms with E-state index in [0.717, 1.165) is 10.5 Å². The Balaban J connectivity index is 1.63. The number of benzene rings is 2. The highest BCUT2D eigenvalue weighted by Gasteiger charge is 2.18. The van der Waals surface area contributed by atoms with Gasteiger partial charge in [0.1, 0.15) is 10.8 Å². The van der Waals surface area contributed by atoms with Crippen LogP contribution in [0.1, 0.15) is 23.8 Å². The van der Waals surface area contributed by atoms with E-state index < -0.39 is 0 Å². The second kappa shape index (κ2) is 7.81. The lowest BCUT2D eigenvalue weighted by molar-refractivity contribution is 0.246. The van der Waals surface area contributed by atoms with Crippen molar-refractivity contribution >= 4 is 32.5 Å². The lowest BCUT2D eigenvalue weighted by atomic mass is 10.2. The third-order valence-electron chi connectivity index (χ3n) is 4.99. The van der Waals surface area contributed by atoms with Gasteiger partial charge < -0.3 is 14.5 Å². The molecule has 8 heteroatoms. The van der Waals surface area contributed by atoms with E-state index in [4.69, 9.17) is 14.5 Å². The van der Waals surface area contributed by atoms with Crippen molar-refractivity contribution < 1.29 is 9.47 Å². The molecule has 7 nitrogen and oxygen atoms in total. The van der Waals surface area contributed by atoms with Gasteiger partial charge in [-0.15, -0.1) is 11.3 Å². The van der Waals surface area contributed by atoms with Crippen molar-refractivity contribution in [2.75, 3.05) is 21.3 Å². The van der Waals surface area contributed by atoms with E-state index in [1.165, 1.54) is 11.8 Å². The molecule has 29 heavy (non-hydrogen) atoms. The summed E-state index contributed by atoms with van der Waals surface area (Å²) in [5.74, 6) is 1.63. The number of aromatic amines is 1. The van der Waals surface area contributed by atoms with Gasteiger partial charge in [-0.2, -0.15) is 0 Å². The summed E-state index contributed by atoms with van der Waals surface area (Å²) in [6.45, 7) is 2.58. The average Bonchev–Trinajstić information content (AvgIpc) is 3.16. The summed E-state index contributed by atoms with van der Waals surface area (Å²) in [6.07, 6.45) is 0. The molecular formula is C21H22N4O3S. The SMILES string of the molecule is COc1cc2nc(CN(C)[C@H](C)c3nc4ccccc4s3)[nH]c(=O)c2cc1OC. The Morgan fingerprint density at radius 2 is 1.83 bits per heavy atom. The van der Waals surface area contributed by atoms with Crippen molar-refractivity contribution in [2.45, 2.75) is 19.5 Å². The second-order valence-corrected chi connectivity index (χ2v) is 7.91. The van der Waals surface area contributed by atoms with Gasteiger partial charge in [0.05, 0.1) is 47.9 Å². The Morgan fingerprint density at radius 1 is 1.10 bits per heavy atom. The summed E-state index contributed by atoms with van der Waals surface area (Å²) < 4.78 is 11.8. The molecule has 0 saturated heterocycles. The van der Waals surface area contributed by atoms with Gasteiger partial charge in [0.2, 0.25) is 0 Å². The lowest BCUT2D eigenvalue weighted by Crippen LogP contribution is -2.25. The summed E-state index contributed by atoms with van der Waals surface area (Å²) in [5.41, 5.74) is 1.38. The van der Waals surface area contributed by atoms with E-state index in [1.54, 1.807) is 30.6 Å². The second-order valence-electron chi connectivity index (χ2n) is 6.85. The van der Waals surface area contributed by atoms with Crippen molar-refractivity contribution in [3.05, 3.63) is 57.6 Å². The molecule has 0 aliphatic carbocycles. The number of rotatable bonds is 6. The summed E-state index contributed by atoms with van der Waals surface area (Å²) in [6, 6.07) is 11.6. The predicted molar refractivity (Wildman–Crippen MR) is 115 cm³/mol. The largest absolute Gasteiger partial charge is 0.493 e. The fourth-order valence-corrected chi connectivity index (χ4v) is 4.30. The number of aromatic nitrogens is 3. The fourth-order valence-electron chi connectivity index (χ4n) is 3.22. The van der Waals surface area contributed by atoms with Crippen LogP contribution in [0.25, 0.3) is 21.1 Å². The highest BCUT2D eigenvalue weighted by atomic mass is 32.1. The van der Waals surface area contributed by atoms with Gasteiger partial charge in [0.15, 0.2) is 11.5 Å². The van der Waals surface area contributed by atoms with Crippen LogP contribution in [0.2, 0.25) is 0 Å². The zero-order chi connectivity index (χ0) is 20.5. The number of nitrogens with zero attached hydrogens (tertiary/aromatic N) is 3. The van der Waals surface area contributed by atoms with E-state index in [9.17, 15) is 4.79 Å². The number of methoxy groups -OCH3 is 2. The van der Waals surface area contributed by atoms with Crippen LogP contribution in [-0.4, -0.2) is 41.1 Å². The van der Waals surface area contributed by atoms with Gasteiger partial charge in [-0.05, 0) is 32.2 Å². The predicted octanol–water partition coefficient (Wildman–Crippen LogP) is 3.74. The van der Waals surface area contributed by atoms with Gasteiger partial charge in [0, 0.05) is 6.07 Å². The van der Waals surface area contributed by atoms with Gasteiger partial charge >= 0.3 is 0 Å². The van der Waals surface area contributed by atoms with E-state index in [1.807, 2.05) is 25.2 Å². The van der Waals surface area contributed by atoms with E-state index >= 15 is 0 Å². The minimum atomic E-state index is -0.202. The van der Waals surface area contributed by atoms with Crippen molar-refractivity contribution in [1.29, 1.82) is 0 Å². The summed E-state index contributed by atoms with van der Waals surface area (Å²) in [4.78, 5) is 26.9. The summed E-state index contributed by atoms with van der Waals surface area (Å²) >= 11 is 1.68. The molecule has 2 aromatic carbocycles. The van der Waals surface area contributed by atoms with Gasteiger partial charge in [-0.1, -0.05) is 12.1 Å². The van der Waals surface area contributed by atoms with Crippen LogP contribution in [0, 0.1) is 0 Å². The van der Waals surface area contributed by atoms with Crippen molar-refractivity contribution in [2.24, 2.45) is 0 Å². The molecular weight excluding hydrogens is 388 g/mol. The summed E-state index contributed by atoms with van der Waals surface area (Å²) in [7, 11) is 5.10. The Morgan fingerprint density at radius 3 is 2.55 bits per heavy atom. The monoisotopic (exact) mass is 410 g/mol. The Hall–Kier alpha value is -2.97. The number of ether oxygens (including phenoxy) is 2. The molecule has 4 aromatic rings. The molecule has 0 spiro atoms. The Bertz CT molecular complexity index is 1200. The zero-order valence-corrected chi connectivity index (χ0v) is 17.5. The maximum absolute atomic E-state index is 12.6. The third kappa shape index (κ3) is 3.68. The van der Waals surface area contributed by atoms with Crippen LogP contribution >= 0.6 is 11.3 Å². The van der Waals surface area contributed by atoms with Crippen LogP contribution in [0.5, 0.6) is 11.5 Å². The van der Waals surface area contributed by atoms with E-state index in [0.29, 0.717) is 34.8 Å². The first-order valence-corrected chi connectivity index (χ1v) is 10.0. The summed E-state index contributed by atoms with van der Waals surface area (Å²) in [5, 5.41) is 1.50. The van der Waals surface area contributed by atoms with Crippen molar-refractivity contribution in [3.8, 4) is 11.5 Å². The van der Waals surface area contributed by atoms with Crippen LogP contribution in [0.15, 0.2) is 41.2 Å². The number of hydrogen-bond acceptors (Lipinski definition) is 7. The first kappa shape index (κ1) is 19.4. The standard InChI is InChI=1S/C21H22N4O3S/c1-12(21-23-14-7-5-6-8-18(14)29-21)25(2)11-19-22-15-10-17(28-4)16(27-3)9-13(15)20(26)24-19/h5-10,12H,11H2,1-4H3,(H,22,24,26)/t12-/m1/s1. The van der Waals surface area contributed by atoms with Crippen molar-refractivity contribution in [1.82, 2.24) is 19.9 Å². The number of fused-ring (bicyclic) bond motifs is 2. The van der Waals surface area contributed by atoms with E-state index in [2.05, 4.69) is 27.9 Å². The Labute approximate surface area is 171 Å². The molecule has 0 unspecified atom stereocenters. The van der Waals surface area contributed by atoms with Gasteiger partial charge in [-0.3, -0.25) is 9.69 Å². The minimum Gasteiger partial charge on any atom is -0.493 e. The molecule has 2 heterocycles. The molecule has 150 valence electrons. The first-order chi connectivity index (χ1) is 14.0. The highest BCUT2D eigenvalue weighted by Crippen LogP contribution is 2.31. The third-order valence-corrected chi connectivity index (χ3v) is 6.19. The molecule has 0 saturated carbocycles. The Kier molecular flexibility index (Phi) is 5.21. The maximum Gasteiger partial charge on any atom is 0.258 e. The van der Waals surface area contributed by atoms with E-state index in [-0.39, 0.29) is 11.6 Å². The zero-order valence-electron chi connectivity index (χ0n) is 16.7. The lowest BCUT2D eigenvalue weighted by Gasteiger charge is -2.22.